The minimum atomic E-state index is -0.331. The molecule has 0 fully saturated rings. The summed E-state index contributed by atoms with van der Waals surface area (Å²) in [7, 11) is 0. The first-order valence-electron chi connectivity index (χ1n) is 30.8. The highest BCUT2D eigenvalue weighted by molar-refractivity contribution is 7.33. The number of benzene rings is 10. The van der Waals surface area contributed by atoms with Gasteiger partial charge < -0.3 is 23.4 Å². The van der Waals surface area contributed by atoms with Crippen LogP contribution in [-0.2, 0) is 21.7 Å². The number of rotatable bonds is 4. The van der Waals surface area contributed by atoms with Gasteiger partial charge in [0, 0.05) is 58.9 Å². The number of furan rings is 1. The molecule has 14 aromatic rings. The van der Waals surface area contributed by atoms with Crippen LogP contribution in [0.5, 0.6) is 0 Å². The Morgan fingerprint density at radius 3 is 1.52 bits per heavy atom. The van der Waals surface area contributed by atoms with E-state index in [0.29, 0.717) is 11.3 Å². The average molecular weight is 1150 g/mol. The van der Waals surface area contributed by atoms with Gasteiger partial charge in [-0.3, -0.25) is 0 Å². The molecule has 0 atom stereocenters. The Morgan fingerprint density at radius 2 is 0.931 bits per heavy atom. The summed E-state index contributed by atoms with van der Waals surface area (Å²) in [6, 6.07) is 69.6. The van der Waals surface area contributed by atoms with Crippen molar-refractivity contribution in [3.8, 4) is 11.4 Å². The zero-order valence-corrected chi connectivity index (χ0v) is 52.8. The monoisotopic (exact) mass is 1150 g/mol. The molecule has 0 unspecified atom stereocenters. The van der Waals surface area contributed by atoms with Crippen molar-refractivity contribution in [1.82, 2.24) is 9.13 Å². The lowest BCUT2D eigenvalue weighted by Gasteiger charge is -2.43. The Morgan fingerprint density at radius 1 is 0.414 bits per heavy atom. The topological polar surface area (TPSA) is 29.5 Å². The number of hydrogen-bond donors (Lipinski definition) is 0. The van der Waals surface area contributed by atoms with E-state index in [1.54, 1.807) is 6.07 Å². The maximum atomic E-state index is 18.1. The Balaban J connectivity index is 1.11. The number of aromatic nitrogens is 2. The standard InChI is InChI=1S/C79H70BFN4OS/c1-45-26-34-64(59(81)38-45)85-67-43-51(82-60-23-17-14-20-52(60)53-21-15-18-24-61(53)82)42-66-71(67)80(75-72(57-41-49(79(11,12)13)31-37-69(57)87-75)83(66)50-32-27-46(28-33-50)76(2,3)4)58-44-65(70-54-22-16-19-25-68(54)86-74(70)73(58)85)84-62-35-29-47(77(5,6)7)39-55(62)56-40-48(78(8,9)10)30-36-63(56)84/h14-44H,1-13H3. The number of para-hydroxylation sites is 3. The van der Waals surface area contributed by atoms with Gasteiger partial charge in [-0.2, -0.15) is 0 Å². The second-order valence-electron chi connectivity index (χ2n) is 28.8. The molecule has 2 aliphatic rings. The third kappa shape index (κ3) is 7.95. The van der Waals surface area contributed by atoms with E-state index in [0.717, 1.165) is 89.0 Å². The number of nitrogens with zero attached hydrogens (tertiary/aromatic N) is 4. The maximum absolute atomic E-state index is 18.1. The van der Waals surface area contributed by atoms with Crippen LogP contribution >= 0.6 is 11.3 Å². The molecule has 10 aromatic carbocycles. The predicted molar refractivity (Wildman–Crippen MR) is 371 cm³/mol. The number of hydrogen-bond acceptors (Lipinski definition) is 4. The van der Waals surface area contributed by atoms with Gasteiger partial charge in [0.05, 0.1) is 55.9 Å². The summed E-state index contributed by atoms with van der Waals surface area (Å²) in [6.07, 6.45) is 0. The number of thiophene rings is 1. The summed E-state index contributed by atoms with van der Waals surface area (Å²) >= 11 is 1.88. The fourth-order valence-corrected chi connectivity index (χ4v) is 15.7. The van der Waals surface area contributed by atoms with Crippen molar-refractivity contribution in [3.05, 3.63) is 222 Å². The smallest absolute Gasteiger partial charge is 0.264 e. The van der Waals surface area contributed by atoms with Crippen molar-refractivity contribution in [2.45, 2.75) is 112 Å². The van der Waals surface area contributed by atoms with Crippen LogP contribution < -0.4 is 25.5 Å². The number of halogens is 1. The molecule has 0 saturated carbocycles. The van der Waals surface area contributed by atoms with Gasteiger partial charge in [0.2, 0.25) is 0 Å². The Hall–Kier alpha value is -8.85. The molecular weight excluding hydrogens is 1080 g/mol. The van der Waals surface area contributed by atoms with Crippen LogP contribution in [0.2, 0.25) is 0 Å². The van der Waals surface area contributed by atoms with Crippen LogP contribution in [0.15, 0.2) is 192 Å². The molecular formula is C79H70BFN4OS. The molecule has 428 valence electrons. The first-order chi connectivity index (χ1) is 41.5. The summed E-state index contributed by atoms with van der Waals surface area (Å²) in [5.41, 5.74) is 21.1. The Labute approximate surface area is 513 Å². The molecule has 0 radical (unpaired) electrons. The van der Waals surface area contributed by atoms with E-state index in [2.05, 4.69) is 272 Å². The van der Waals surface area contributed by atoms with Crippen LogP contribution in [0.3, 0.4) is 0 Å². The van der Waals surface area contributed by atoms with Crippen molar-refractivity contribution in [3.63, 3.8) is 0 Å². The molecule has 2 aliphatic heterocycles. The molecule has 0 amide bonds. The molecule has 6 heterocycles. The van der Waals surface area contributed by atoms with E-state index in [9.17, 15) is 0 Å². The molecule has 5 nitrogen and oxygen atoms in total. The zero-order valence-electron chi connectivity index (χ0n) is 52.0. The van der Waals surface area contributed by atoms with E-state index in [-0.39, 0.29) is 34.2 Å². The summed E-state index contributed by atoms with van der Waals surface area (Å²) in [5.74, 6) is -0.307. The number of anilines is 6. The minimum absolute atomic E-state index is 0.0643. The lowest BCUT2D eigenvalue weighted by molar-refractivity contribution is 0.590. The van der Waals surface area contributed by atoms with Crippen LogP contribution in [0, 0.1) is 12.7 Å². The first-order valence-corrected chi connectivity index (χ1v) is 31.6. The van der Waals surface area contributed by atoms with Crippen LogP contribution in [0.4, 0.5) is 38.5 Å². The van der Waals surface area contributed by atoms with Crippen molar-refractivity contribution in [2.75, 3.05) is 9.80 Å². The number of aryl methyl sites for hydroxylation is 1. The van der Waals surface area contributed by atoms with Gasteiger partial charge in [0.25, 0.3) is 6.71 Å². The van der Waals surface area contributed by atoms with E-state index < -0.39 is 0 Å². The number of fused-ring (bicyclic) bond motifs is 16. The fourth-order valence-electron chi connectivity index (χ4n) is 14.4. The molecule has 0 spiro atoms. The SMILES string of the molecule is Cc1ccc(N2c3cc(-n4c5ccccc5c5ccccc54)cc4c3B(c3cc(-n5c6ccc(C(C)(C)C)cc6c6cc(C(C)(C)C)ccc65)c5c(oc6ccccc65)c32)c2sc3ccc(C(C)(C)C)cc3c2N4c2ccc(C(C)(C)C)cc2)c(F)c1. The van der Waals surface area contributed by atoms with E-state index in [1.165, 1.54) is 64.3 Å². The summed E-state index contributed by atoms with van der Waals surface area (Å²) in [4.78, 5) is 4.79. The summed E-state index contributed by atoms with van der Waals surface area (Å²) < 4.78 is 33.0. The quantitative estimate of drug-likeness (QED) is 0.165. The lowest BCUT2D eigenvalue weighted by atomic mass is 9.36. The van der Waals surface area contributed by atoms with E-state index in [4.69, 9.17) is 4.42 Å². The second kappa shape index (κ2) is 18.4. The molecule has 87 heavy (non-hydrogen) atoms. The Bertz CT molecular complexity index is 5130. The molecule has 0 aliphatic carbocycles. The maximum Gasteiger partial charge on any atom is 0.264 e. The highest BCUT2D eigenvalue weighted by Gasteiger charge is 2.48. The normalized spacial score (nSPS) is 13.8. The molecule has 8 heteroatoms. The van der Waals surface area contributed by atoms with E-state index >= 15 is 4.39 Å². The highest BCUT2D eigenvalue weighted by atomic mass is 32.1. The molecule has 0 N–H and O–H groups in total. The predicted octanol–water partition coefficient (Wildman–Crippen LogP) is 20.7. The van der Waals surface area contributed by atoms with Gasteiger partial charge in [0.1, 0.15) is 11.4 Å². The summed E-state index contributed by atoms with van der Waals surface area (Å²) in [6.45, 7) is 29.3. The van der Waals surface area contributed by atoms with Crippen LogP contribution in [0.25, 0.3) is 87.0 Å². The highest BCUT2D eigenvalue weighted by Crippen LogP contribution is 2.54. The third-order valence-corrected chi connectivity index (χ3v) is 20.2. The molecule has 16 rings (SSSR count). The van der Waals surface area contributed by atoms with E-state index in [1.807, 2.05) is 30.4 Å². The largest absolute Gasteiger partial charge is 0.454 e. The van der Waals surface area contributed by atoms with Gasteiger partial charge >= 0.3 is 0 Å². The van der Waals surface area contributed by atoms with Crippen molar-refractivity contribution < 1.29 is 8.81 Å². The minimum Gasteiger partial charge on any atom is -0.454 e. The van der Waals surface area contributed by atoms with Gasteiger partial charge in [-0.1, -0.05) is 174 Å². The first kappa shape index (κ1) is 53.6. The zero-order chi connectivity index (χ0) is 60.1. The Kier molecular flexibility index (Phi) is 11.3. The lowest BCUT2D eigenvalue weighted by Crippen LogP contribution is -2.60. The van der Waals surface area contributed by atoms with Crippen LogP contribution in [0.1, 0.15) is 111 Å². The van der Waals surface area contributed by atoms with Gasteiger partial charge in [0.15, 0.2) is 5.58 Å². The van der Waals surface area contributed by atoms with Crippen molar-refractivity contribution in [2.24, 2.45) is 0 Å². The third-order valence-electron chi connectivity index (χ3n) is 19.0. The average Bonchev–Trinajstić information content (AvgIpc) is 1.63. The fraction of sp³-hybridized carbons (Fsp3) is 0.215. The molecule has 4 aromatic heterocycles. The second-order valence-corrected chi connectivity index (χ2v) is 29.9. The summed E-state index contributed by atoms with van der Waals surface area (Å²) in [5, 5.41) is 7.95. The van der Waals surface area contributed by atoms with Crippen LogP contribution in [-0.4, -0.2) is 15.8 Å². The van der Waals surface area contributed by atoms with Crippen molar-refractivity contribution >= 4 is 144 Å². The van der Waals surface area contributed by atoms with Gasteiger partial charge in [-0.05, 0) is 164 Å². The molecule has 0 saturated heterocycles. The van der Waals surface area contributed by atoms with Gasteiger partial charge in [-0.25, -0.2) is 4.39 Å². The van der Waals surface area contributed by atoms with Gasteiger partial charge in [-0.15, -0.1) is 11.3 Å². The van der Waals surface area contributed by atoms with Crippen molar-refractivity contribution in [1.29, 1.82) is 0 Å². The molecule has 0 bridgehead atoms.